The fraction of sp³-hybridized carbons (Fsp3) is 0.188. The smallest absolute Gasteiger partial charge is 0.255 e. The number of aliphatic hydroxyl groups is 1. The maximum Gasteiger partial charge on any atom is 0.255 e. The zero-order valence-electron chi connectivity index (χ0n) is 11.3. The second kappa shape index (κ2) is 6.32. The molecule has 1 atom stereocenters. The summed E-state index contributed by atoms with van der Waals surface area (Å²) >= 11 is 0. The van der Waals surface area contributed by atoms with Crippen LogP contribution in [0.1, 0.15) is 34.5 Å². The van der Waals surface area contributed by atoms with Crippen molar-refractivity contribution in [3.8, 4) is 0 Å². The number of carbonyl (C=O) groups excluding carboxylic acids is 1. The molecule has 0 aliphatic rings. The third-order valence-electron chi connectivity index (χ3n) is 3.11. The summed E-state index contributed by atoms with van der Waals surface area (Å²) in [6.45, 7) is 2.12. The maximum absolute atomic E-state index is 12.2. The number of amides is 1. The second-order valence-corrected chi connectivity index (χ2v) is 4.62. The first-order chi connectivity index (χ1) is 9.61. The molecule has 0 aliphatic carbocycles. The molecule has 0 radical (unpaired) electrons. The lowest BCUT2D eigenvalue weighted by Gasteiger charge is -2.13. The molecule has 4 nitrogen and oxygen atoms in total. The van der Waals surface area contributed by atoms with E-state index in [0.717, 1.165) is 5.56 Å². The molecule has 4 N–H and O–H groups in total. The van der Waals surface area contributed by atoms with E-state index in [1.54, 1.807) is 31.2 Å². The minimum atomic E-state index is -0.633. The second-order valence-electron chi connectivity index (χ2n) is 4.62. The highest BCUT2D eigenvalue weighted by atomic mass is 16.3. The van der Waals surface area contributed by atoms with E-state index in [0.29, 0.717) is 23.4 Å². The molecular formula is C16H18N2O2. The predicted octanol–water partition coefficient (Wildman–Crippen LogP) is 2.45. The number of carbonyl (C=O) groups is 1. The predicted molar refractivity (Wildman–Crippen MR) is 79.4 cm³/mol. The van der Waals surface area contributed by atoms with E-state index < -0.39 is 6.10 Å². The highest BCUT2D eigenvalue weighted by Gasteiger charge is 2.11. The molecule has 0 bridgehead atoms. The highest BCUT2D eigenvalue weighted by Crippen LogP contribution is 2.22. The summed E-state index contributed by atoms with van der Waals surface area (Å²) in [5, 5.41) is 12.5. The van der Waals surface area contributed by atoms with Gasteiger partial charge in [0.2, 0.25) is 0 Å². The van der Waals surface area contributed by atoms with E-state index in [-0.39, 0.29) is 5.91 Å². The summed E-state index contributed by atoms with van der Waals surface area (Å²) in [4.78, 5) is 12.2. The normalized spacial score (nSPS) is 11.9. The quantitative estimate of drug-likeness (QED) is 0.798. The van der Waals surface area contributed by atoms with Gasteiger partial charge in [0.1, 0.15) is 0 Å². The van der Waals surface area contributed by atoms with Crippen LogP contribution >= 0.6 is 0 Å². The number of nitrogens with two attached hydrogens (primary N) is 1. The summed E-state index contributed by atoms with van der Waals surface area (Å²) in [7, 11) is 0. The maximum atomic E-state index is 12.2. The first-order valence-corrected chi connectivity index (χ1v) is 6.49. The molecule has 0 spiro atoms. The van der Waals surface area contributed by atoms with Crippen LogP contribution in [-0.4, -0.2) is 11.0 Å². The minimum absolute atomic E-state index is 0.207. The summed E-state index contributed by atoms with van der Waals surface area (Å²) in [6.07, 6.45) is -0.633. The van der Waals surface area contributed by atoms with Gasteiger partial charge in [-0.1, -0.05) is 30.3 Å². The van der Waals surface area contributed by atoms with Crippen molar-refractivity contribution in [1.29, 1.82) is 0 Å². The Kier molecular flexibility index (Phi) is 4.50. The molecule has 1 unspecified atom stereocenters. The third-order valence-corrected chi connectivity index (χ3v) is 3.11. The van der Waals surface area contributed by atoms with Crippen LogP contribution in [0.2, 0.25) is 0 Å². The lowest BCUT2D eigenvalue weighted by molar-refractivity contribution is 0.102. The average Bonchev–Trinajstić information content (AvgIpc) is 2.47. The number of benzene rings is 2. The van der Waals surface area contributed by atoms with Gasteiger partial charge in [-0.05, 0) is 30.7 Å². The van der Waals surface area contributed by atoms with Crippen molar-refractivity contribution in [2.24, 2.45) is 5.73 Å². The molecule has 2 aromatic rings. The topological polar surface area (TPSA) is 75.3 Å². The van der Waals surface area contributed by atoms with Crippen LogP contribution < -0.4 is 11.1 Å². The summed E-state index contributed by atoms with van der Waals surface area (Å²) < 4.78 is 0. The van der Waals surface area contributed by atoms with E-state index in [9.17, 15) is 9.90 Å². The van der Waals surface area contributed by atoms with Gasteiger partial charge in [0, 0.05) is 23.4 Å². The molecule has 0 aromatic heterocycles. The molecule has 0 aliphatic heterocycles. The van der Waals surface area contributed by atoms with Crippen LogP contribution in [0.3, 0.4) is 0 Å². The Bertz CT molecular complexity index is 592. The molecular weight excluding hydrogens is 252 g/mol. The molecule has 20 heavy (non-hydrogen) atoms. The largest absolute Gasteiger partial charge is 0.389 e. The molecule has 104 valence electrons. The van der Waals surface area contributed by atoms with Crippen molar-refractivity contribution < 1.29 is 9.90 Å². The minimum Gasteiger partial charge on any atom is -0.389 e. The van der Waals surface area contributed by atoms with E-state index in [2.05, 4.69) is 5.32 Å². The number of rotatable bonds is 4. The van der Waals surface area contributed by atoms with Crippen LogP contribution in [0.25, 0.3) is 0 Å². The van der Waals surface area contributed by atoms with Crippen LogP contribution in [-0.2, 0) is 6.54 Å². The van der Waals surface area contributed by atoms with Gasteiger partial charge in [-0.15, -0.1) is 0 Å². The average molecular weight is 270 g/mol. The van der Waals surface area contributed by atoms with Gasteiger partial charge in [0.05, 0.1) is 6.10 Å². The van der Waals surface area contributed by atoms with Gasteiger partial charge in [0.25, 0.3) is 5.91 Å². The Hall–Kier alpha value is -2.17. The third kappa shape index (κ3) is 3.23. The summed E-state index contributed by atoms with van der Waals surface area (Å²) in [5.74, 6) is -0.207. The van der Waals surface area contributed by atoms with Gasteiger partial charge in [-0.2, -0.15) is 0 Å². The fourth-order valence-corrected chi connectivity index (χ4v) is 1.96. The van der Waals surface area contributed by atoms with Gasteiger partial charge in [-0.25, -0.2) is 0 Å². The summed E-state index contributed by atoms with van der Waals surface area (Å²) in [5.41, 5.74) is 8.37. The van der Waals surface area contributed by atoms with Crippen LogP contribution in [0.4, 0.5) is 5.69 Å². The SMILES string of the molecule is CC(O)c1ccccc1NC(=O)c1ccc(CN)cc1. The fourth-order valence-electron chi connectivity index (χ4n) is 1.96. The van der Waals surface area contributed by atoms with Crippen molar-refractivity contribution in [2.75, 3.05) is 5.32 Å². The number of aliphatic hydroxyl groups excluding tert-OH is 1. The zero-order chi connectivity index (χ0) is 14.5. The molecule has 0 saturated heterocycles. The summed E-state index contributed by atoms with van der Waals surface area (Å²) in [6, 6.07) is 14.3. The molecule has 2 aromatic carbocycles. The van der Waals surface area contributed by atoms with Crippen molar-refractivity contribution in [2.45, 2.75) is 19.6 Å². The number of anilines is 1. The van der Waals surface area contributed by atoms with Crippen LogP contribution in [0.5, 0.6) is 0 Å². The highest BCUT2D eigenvalue weighted by molar-refractivity contribution is 6.04. The Morgan fingerprint density at radius 3 is 2.45 bits per heavy atom. The van der Waals surface area contributed by atoms with Crippen LogP contribution in [0.15, 0.2) is 48.5 Å². The molecule has 2 rings (SSSR count). The van der Waals surface area contributed by atoms with Crippen molar-refractivity contribution >= 4 is 11.6 Å². The number of hydrogen-bond acceptors (Lipinski definition) is 3. The molecule has 1 amide bonds. The zero-order valence-corrected chi connectivity index (χ0v) is 11.3. The van der Waals surface area contributed by atoms with Gasteiger partial charge in [0.15, 0.2) is 0 Å². The van der Waals surface area contributed by atoms with Crippen molar-refractivity contribution in [3.63, 3.8) is 0 Å². The number of hydrogen-bond donors (Lipinski definition) is 3. The molecule has 0 fully saturated rings. The first-order valence-electron chi connectivity index (χ1n) is 6.49. The van der Waals surface area contributed by atoms with E-state index in [1.807, 2.05) is 24.3 Å². The Labute approximate surface area is 118 Å². The van der Waals surface area contributed by atoms with E-state index >= 15 is 0 Å². The number of para-hydroxylation sites is 1. The lowest BCUT2D eigenvalue weighted by atomic mass is 10.1. The van der Waals surface area contributed by atoms with Gasteiger partial charge < -0.3 is 16.2 Å². The Balaban J connectivity index is 2.19. The monoisotopic (exact) mass is 270 g/mol. The molecule has 0 saturated carbocycles. The van der Waals surface area contributed by atoms with Crippen molar-refractivity contribution in [3.05, 3.63) is 65.2 Å². The lowest BCUT2D eigenvalue weighted by Crippen LogP contribution is -2.14. The Morgan fingerprint density at radius 2 is 1.85 bits per heavy atom. The first kappa shape index (κ1) is 14.2. The van der Waals surface area contributed by atoms with Gasteiger partial charge >= 0.3 is 0 Å². The van der Waals surface area contributed by atoms with Crippen molar-refractivity contribution in [1.82, 2.24) is 0 Å². The molecule has 4 heteroatoms. The van der Waals surface area contributed by atoms with Crippen LogP contribution in [0, 0.1) is 0 Å². The number of nitrogens with one attached hydrogen (secondary N) is 1. The molecule has 0 heterocycles. The van der Waals surface area contributed by atoms with E-state index in [4.69, 9.17) is 5.73 Å². The van der Waals surface area contributed by atoms with E-state index in [1.165, 1.54) is 0 Å². The van der Waals surface area contributed by atoms with Gasteiger partial charge in [-0.3, -0.25) is 4.79 Å². The standard InChI is InChI=1S/C16H18N2O2/c1-11(19)14-4-2-3-5-15(14)18-16(20)13-8-6-12(10-17)7-9-13/h2-9,11,19H,10,17H2,1H3,(H,18,20). The Morgan fingerprint density at radius 1 is 1.20 bits per heavy atom.